The number of ether oxygens (including phenoxy) is 1. The van der Waals surface area contributed by atoms with E-state index in [1.165, 1.54) is 5.56 Å². The first-order valence-electron chi connectivity index (χ1n) is 11.3. The van der Waals surface area contributed by atoms with Crippen molar-refractivity contribution in [3.05, 3.63) is 107 Å². The van der Waals surface area contributed by atoms with E-state index in [2.05, 4.69) is 11.1 Å². The van der Waals surface area contributed by atoms with Crippen molar-refractivity contribution >= 4 is 28.0 Å². The molecule has 168 valence electrons. The molecule has 2 aromatic heterocycles. The quantitative estimate of drug-likeness (QED) is 0.238. The molecule has 0 spiro atoms. The lowest BCUT2D eigenvalue weighted by atomic mass is 10.00. The van der Waals surface area contributed by atoms with Crippen LogP contribution in [0.4, 0.5) is 0 Å². The fourth-order valence-electron chi connectivity index (χ4n) is 4.46. The predicted molar refractivity (Wildman–Crippen MR) is 133 cm³/mol. The molecule has 0 fully saturated rings. The van der Waals surface area contributed by atoms with E-state index < -0.39 is 5.97 Å². The first-order chi connectivity index (χ1) is 16.5. The number of ketones is 1. The van der Waals surface area contributed by atoms with Gasteiger partial charge in [-0.05, 0) is 49.2 Å². The van der Waals surface area contributed by atoms with Crippen LogP contribution in [-0.2, 0) is 4.74 Å². The number of aryl methyl sites for hydroxylation is 2. The van der Waals surface area contributed by atoms with Crippen molar-refractivity contribution in [1.29, 1.82) is 0 Å². The Kier molecular flexibility index (Phi) is 5.46. The number of fused-ring (bicyclic) bond motifs is 2. The van der Waals surface area contributed by atoms with Gasteiger partial charge in [0.15, 0.2) is 0 Å². The number of carbonyl (C=O) groups is 2. The molecule has 3 aromatic carbocycles. The van der Waals surface area contributed by atoms with E-state index in [1.807, 2.05) is 74.5 Å². The van der Waals surface area contributed by atoms with Crippen LogP contribution in [0.15, 0.2) is 79.1 Å². The molecule has 0 saturated heterocycles. The summed E-state index contributed by atoms with van der Waals surface area (Å²) in [5.74, 6) is -0.641. The van der Waals surface area contributed by atoms with Crippen LogP contribution in [-0.4, -0.2) is 27.7 Å². The van der Waals surface area contributed by atoms with E-state index in [0.29, 0.717) is 22.3 Å². The summed E-state index contributed by atoms with van der Waals surface area (Å²) in [6.07, 6.45) is 1.62. The van der Waals surface area contributed by atoms with Crippen molar-refractivity contribution in [2.75, 3.05) is 6.61 Å². The Morgan fingerprint density at radius 2 is 1.71 bits per heavy atom. The van der Waals surface area contributed by atoms with Gasteiger partial charge < -0.3 is 4.74 Å². The number of carbonyl (C=O) groups excluding carboxylic acids is 2. The molecule has 5 nitrogen and oxygen atoms in total. The van der Waals surface area contributed by atoms with Gasteiger partial charge in [-0.1, -0.05) is 66.2 Å². The van der Waals surface area contributed by atoms with Crippen molar-refractivity contribution in [3.8, 4) is 11.3 Å². The summed E-state index contributed by atoms with van der Waals surface area (Å²) in [5, 5.41) is 1.84. The number of hydrogen-bond donors (Lipinski definition) is 0. The molecule has 0 radical (unpaired) electrons. The highest BCUT2D eigenvalue weighted by molar-refractivity contribution is 6.17. The van der Waals surface area contributed by atoms with Gasteiger partial charge in [0.05, 0.1) is 29.1 Å². The minimum Gasteiger partial charge on any atom is -0.462 e. The summed E-state index contributed by atoms with van der Waals surface area (Å²) in [4.78, 5) is 31.2. The molecule has 5 rings (SSSR count). The summed E-state index contributed by atoms with van der Waals surface area (Å²) < 4.78 is 6.99. The molecule has 0 aliphatic heterocycles. The van der Waals surface area contributed by atoms with Crippen LogP contribution >= 0.6 is 0 Å². The van der Waals surface area contributed by atoms with E-state index in [-0.39, 0.29) is 12.4 Å². The molecule has 0 bridgehead atoms. The molecule has 0 atom stereocenters. The van der Waals surface area contributed by atoms with Crippen LogP contribution in [0.25, 0.3) is 27.5 Å². The van der Waals surface area contributed by atoms with Gasteiger partial charge in [-0.25, -0.2) is 9.78 Å². The third-order valence-corrected chi connectivity index (χ3v) is 6.08. The Labute approximate surface area is 197 Å². The Balaban J connectivity index is 1.71. The first kappa shape index (κ1) is 21.6. The molecule has 5 aromatic rings. The molecule has 0 aliphatic carbocycles. The fraction of sp³-hybridized carbons (Fsp3) is 0.138. The van der Waals surface area contributed by atoms with Gasteiger partial charge in [0.2, 0.25) is 5.78 Å². The molecule has 2 heterocycles. The zero-order valence-electron chi connectivity index (χ0n) is 19.3. The third-order valence-electron chi connectivity index (χ3n) is 6.08. The van der Waals surface area contributed by atoms with Crippen LogP contribution in [0, 0.1) is 13.8 Å². The molecule has 0 amide bonds. The van der Waals surface area contributed by atoms with Gasteiger partial charge >= 0.3 is 5.97 Å². The third kappa shape index (κ3) is 3.65. The summed E-state index contributed by atoms with van der Waals surface area (Å²) in [6.45, 7) is 6.09. The van der Waals surface area contributed by atoms with Crippen LogP contribution in [0.2, 0.25) is 0 Å². The maximum Gasteiger partial charge on any atom is 0.340 e. The smallest absolute Gasteiger partial charge is 0.340 e. The van der Waals surface area contributed by atoms with Crippen molar-refractivity contribution in [3.63, 3.8) is 0 Å². The normalized spacial score (nSPS) is 11.1. The van der Waals surface area contributed by atoms with E-state index >= 15 is 0 Å². The number of rotatable bonds is 5. The maximum absolute atomic E-state index is 13.7. The highest BCUT2D eigenvalue weighted by Gasteiger charge is 2.23. The second-order valence-corrected chi connectivity index (χ2v) is 8.37. The molecule has 0 aliphatic rings. The standard InChI is InChI=1S/C29H24N2O3/c1-4-34-29(33)24-15-27(28(32)23-11-7-9-20-8-5-6-10-22(20)23)31-17-30-25(16-26(24)31)21-13-12-18(2)14-19(21)3/h5-17H,4H2,1-3H3. The van der Waals surface area contributed by atoms with Crippen molar-refractivity contribution in [2.45, 2.75) is 20.8 Å². The van der Waals surface area contributed by atoms with Gasteiger partial charge in [-0.2, -0.15) is 0 Å². The Hall–Kier alpha value is -4.25. The zero-order valence-corrected chi connectivity index (χ0v) is 19.3. The van der Waals surface area contributed by atoms with Gasteiger partial charge in [0, 0.05) is 11.1 Å². The van der Waals surface area contributed by atoms with Gasteiger partial charge in [0.25, 0.3) is 0 Å². The maximum atomic E-state index is 13.7. The molecule has 0 unspecified atom stereocenters. The van der Waals surface area contributed by atoms with Crippen LogP contribution in [0.1, 0.15) is 44.5 Å². The fourth-order valence-corrected chi connectivity index (χ4v) is 4.46. The highest BCUT2D eigenvalue weighted by atomic mass is 16.5. The van der Waals surface area contributed by atoms with E-state index in [1.54, 1.807) is 23.7 Å². The monoisotopic (exact) mass is 448 g/mol. The first-order valence-corrected chi connectivity index (χ1v) is 11.3. The summed E-state index contributed by atoms with van der Waals surface area (Å²) in [6, 6.07) is 23.1. The van der Waals surface area contributed by atoms with Gasteiger partial charge in [-0.15, -0.1) is 0 Å². The average Bonchev–Trinajstić information content (AvgIpc) is 3.22. The van der Waals surface area contributed by atoms with Gasteiger partial charge in [0.1, 0.15) is 6.33 Å². The molecule has 34 heavy (non-hydrogen) atoms. The van der Waals surface area contributed by atoms with Gasteiger partial charge in [-0.3, -0.25) is 9.20 Å². The molecule has 0 saturated carbocycles. The summed E-state index contributed by atoms with van der Waals surface area (Å²) >= 11 is 0. The lowest BCUT2D eigenvalue weighted by molar-refractivity contribution is 0.0529. The largest absolute Gasteiger partial charge is 0.462 e. The SMILES string of the molecule is CCOC(=O)c1cc(C(=O)c2cccc3ccccc23)n2cnc(-c3ccc(C)cc3C)cc12. The number of hydrogen-bond acceptors (Lipinski definition) is 4. The summed E-state index contributed by atoms with van der Waals surface area (Å²) in [7, 11) is 0. The highest BCUT2D eigenvalue weighted by Crippen LogP contribution is 2.28. The van der Waals surface area contributed by atoms with Crippen LogP contribution in [0.5, 0.6) is 0 Å². The lowest BCUT2D eigenvalue weighted by Crippen LogP contribution is -2.06. The second kappa shape index (κ2) is 8.60. The van der Waals surface area contributed by atoms with Crippen molar-refractivity contribution in [1.82, 2.24) is 9.38 Å². The summed E-state index contributed by atoms with van der Waals surface area (Å²) in [5.41, 5.74) is 5.85. The lowest BCUT2D eigenvalue weighted by Gasteiger charge is -2.09. The molecular weight excluding hydrogens is 424 g/mol. The number of nitrogens with zero attached hydrogens (tertiary/aromatic N) is 2. The van der Waals surface area contributed by atoms with Crippen molar-refractivity contribution < 1.29 is 14.3 Å². The number of aromatic nitrogens is 2. The zero-order chi connectivity index (χ0) is 23.8. The minimum absolute atomic E-state index is 0.177. The van der Waals surface area contributed by atoms with Crippen LogP contribution < -0.4 is 0 Å². The number of benzene rings is 3. The van der Waals surface area contributed by atoms with Crippen LogP contribution in [0.3, 0.4) is 0 Å². The minimum atomic E-state index is -0.463. The average molecular weight is 449 g/mol. The number of esters is 1. The predicted octanol–water partition coefficient (Wildman–Crippen LogP) is 6.18. The Morgan fingerprint density at radius 1 is 0.912 bits per heavy atom. The topological polar surface area (TPSA) is 60.7 Å². The molecular formula is C29H24N2O3. The molecule has 5 heteroatoms. The van der Waals surface area contributed by atoms with E-state index in [4.69, 9.17) is 4.74 Å². The Morgan fingerprint density at radius 3 is 2.50 bits per heavy atom. The van der Waals surface area contributed by atoms with Crippen molar-refractivity contribution in [2.24, 2.45) is 0 Å². The van der Waals surface area contributed by atoms with E-state index in [9.17, 15) is 9.59 Å². The van der Waals surface area contributed by atoms with E-state index in [0.717, 1.165) is 27.6 Å². The second-order valence-electron chi connectivity index (χ2n) is 8.37. The Bertz CT molecular complexity index is 1570. The molecule has 0 N–H and O–H groups in total.